The van der Waals surface area contributed by atoms with Gasteiger partial charge in [-0.05, 0) is 20.8 Å². The third-order valence-corrected chi connectivity index (χ3v) is 2.77. The summed E-state index contributed by atoms with van der Waals surface area (Å²) >= 11 is 0. The van der Waals surface area contributed by atoms with Crippen LogP contribution in [0.25, 0.3) is 0 Å². The van der Waals surface area contributed by atoms with E-state index in [4.69, 9.17) is 10.5 Å². The van der Waals surface area contributed by atoms with Gasteiger partial charge >= 0.3 is 5.97 Å². The highest BCUT2D eigenvalue weighted by molar-refractivity contribution is 5.99. The lowest BCUT2D eigenvalue weighted by molar-refractivity contribution is -0.143. The number of anilines is 1. The number of nitrogen functional groups attached to an aromatic ring is 1. The average Bonchev–Trinajstić information content (AvgIpc) is 2.60. The third-order valence-electron chi connectivity index (χ3n) is 2.77. The summed E-state index contributed by atoms with van der Waals surface area (Å²) in [5, 5.41) is 4.09. The number of hydrogen-bond acceptors (Lipinski definition) is 5. The number of esters is 1. The van der Waals surface area contributed by atoms with Gasteiger partial charge in [-0.1, -0.05) is 0 Å². The summed E-state index contributed by atoms with van der Waals surface area (Å²) < 4.78 is 6.27. The zero-order chi connectivity index (χ0) is 14.6. The van der Waals surface area contributed by atoms with Gasteiger partial charge in [-0.2, -0.15) is 5.10 Å². The fourth-order valence-electron chi connectivity index (χ4n) is 1.77. The van der Waals surface area contributed by atoms with Gasteiger partial charge in [0.25, 0.3) is 5.91 Å². The molecule has 0 atom stereocenters. The summed E-state index contributed by atoms with van der Waals surface area (Å²) in [4.78, 5) is 25.2. The Morgan fingerprint density at radius 3 is 2.47 bits per heavy atom. The number of carbonyl (C=O) groups excluding carboxylic acids is 2. The van der Waals surface area contributed by atoms with Crippen LogP contribution in [-0.2, 0) is 16.6 Å². The topological polar surface area (TPSA) is 90.4 Å². The number of amides is 1. The Labute approximate surface area is 112 Å². The van der Waals surface area contributed by atoms with E-state index in [2.05, 4.69) is 5.10 Å². The van der Waals surface area contributed by atoms with Crippen LogP contribution < -0.4 is 5.73 Å². The molecule has 19 heavy (non-hydrogen) atoms. The molecule has 0 fully saturated rings. The lowest BCUT2D eigenvalue weighted by Gasteiger charge is -2.20. The first-order valence-electron chi connectivity index (χ1n) is 6.16. The number of aromatic nitrogens is 2. The first kappa shape index (κ1) is 15.0. The standard InChI is InChI=1S/C12H20N4O3/c1-5-16(7-9(17)19-6-2)12(18)11-10(13)8(3)14-15(11)4/h5-7,13H2,1-4H3. The molecule has 1 aromatic rings. The second-order valence-electron chi connectivity index (χ2n) is 4.10. The van der Waals surface area contributed by atoms with E-state index in [1.165, 1.54) is 9.58 Å². The second-order valence-corrected chi connectivity index (χ2v) is 4.10. The number of ether oxygens (including phenoxy) is 1. The zero-order valence-corrected chi connectivity index (χ0v) is 11.8. The fourth-order valence-corrected chi connectivity index (χ4v) is 1.77. The van der Waals surface area contributed by atoms with Crippen molar-refractivity contribution in [1.29, 1.82) is 0 Å². The molecule has 1 amide bonds. The van der Waals surface area contributed by atoms with Crippen molar-refractivity contribution in [2.24, 2.45) is 7.05 Å². The predicted octanol–water partition coefficient (Wildman–Crippen LogP) is 0.336. The zero-order valence-electron chi connectivity index (χ0n) is 11.8. The van der Waals surface area contributed by atoms with E-state index in [0.29, 0.717) is 23.6 Å². The van der Waals surface area contributed by atoms with E-state index >= 15 is 0 Å². The molecule has 106 valence electrons. The molecule has 0 aliphatic carbocycles. The van der Waals surface area contributed by atoms with Crippen molar-refractivity contribution in [3.8, 4) is 0 Å². The molecule has 1 rings (SSSR count). The van der Waals surface area contributed by atoms with E-state index < -0.39 is 5.97 Å². The van der Waals surface area contributed by atoms with Gasteiger partial charge in [-0.15, -0.1) is 0 Å². The molecule has 1 heterocycles. The molecule has 0 saturated carbocycles. The highest BCUT2D eigenvalue weighted by Gasteiger charge is 2.24. The molecule has 7 nitrogen and oxygen atoms in total. The number of likely N-dealkylation sites (N-methyl/N-ethyl adjacent to an activating group) is 1. The number of nitrogens with two attached hydrogens (primary N) is 1. The van der Waals surface area contributed by atoms with E-state index in [1.54, 1.807) is 27.8 Å². The Morgan fingerprint density at radius 1 is 1.42 bits per heavy atom. The molecule has 0 aromatic carbocycles. The number of nitrogens with zero attached hydrogens (tertiary/aromatic N) is 3. The smallest absolute Gasteiger partial charge is 0.325 e. The first-order chi connectivity index (χ1) is 8.92. The van der Waals surface area contributed by atoms with Crippen LogP contribution in [0.15, 0.2) is 0 Å². The number of carbonyl (C=O) groups is 2. The summed E-state index contributed by atoms with van der Waals surface area (Å²) in [7, 11) is 1.65. The molecule has 1 aromatic heterocycles. The van der Waals surface area contributed by atoms with E-state index in [0.717, 1.165) is 0 Å². The Kier molecular flexibility index (Phi) is 4.91. The average molecular weight is 268 g/mol. The summed E-state index contributed by atoms with van der Waals surface area (Å²) in [6.07, 6.45) is 0. The number of hydrogen-bond donors (Lipinski definition) is 1. The second kappa shape index (κ2) is 6.21. The molecule has 0 radical (unpaired) electrons. The summed E-state index contributed by atoms with van der Waals surface area (Å²) in [5.74, 6) is -0.758. The highest BCUT2D eigenvalue weighted by atomic mass is 16.5. The summed E-state index contributed by atoms with van der Waals surface area (Å²) in [5.41, 5.74) is 7.07. The van der Waals surface area contributed by atoms with Crippen LogP contribution in [0.1, 0.15) is 30.0 Å². The number of aryl methyl sites for hydroxylation is 2. The molecule has 0 unspecified atom stereocenters. The molecule has 0 aliphatic heterocycles. The Hall–Kier alpha value is -2.05. The Morgan fingerprint density at radius 2 is 2.05 bits per heavy atom. The van der Waals surface area contributed by atoms with Crippen LogP contribution in [0, 0.1) is 6.92 Å². The van der Waals surface area contributed by atoms with Gasteiger partial charge in [-0.3, -0.25) is 14.3 Å². The Bertz CT molecular complexity index is 482. The van der Waals surface area contributed by atoms with Gasteiger partial charge in [-0.25, -0.2) is 0 Å². The largest absolute Gasteiger partial charge is 0.465 e. The first-order valence-corrected chi connectivity index (χ1v) is 6.16. The van der Waals surface area contributed by atoms with E-state index in [1.807, 2.05) is 0 Å². The van der Waals surface area contributed by atoms with Crippen LogP contribution >= 0.6 is 0 Å². The molecule has 2 N–H and O–H groups in total. The maximum absolute atomic E-state index is 12.3. The molecular formula is C12H20N4O3. The maximum atomic E-state index is 12.3. The van der Waals surface area contributed by atoms with Crippen molar-refractivity contribution in [1.82, 2.24) is 14.7 Å². The van der Waals surface area contributed by atoms with Gasteiger partial charge in [0, 0.05) is 13.6 Å². The van der Waals surface area contributed by atoms with Gasteiger partial charge in [0.15, 0.2) is 0 Å². The van der Waals surface area contributed by atoms with E-state index in [-0.39, 0.29) is 19.1 Å². The minimum Gasteiger partial charge on any atom is -0.465 e. The molecule has 0 saturated heterocycles. The van der Waals surface area contributed by atoms with Gasteiger partial charge in [0.05, 0.1) is 18.0 Å². The van der Waals surface area contributed by atoms with Crippen molar-refractivity contribution in [2.75, 3.05) is 25.4 Å². The van der Waals surface area contributed by atoms with Gasteiger partial charge in [0.1, 0.15) is 12.2 Å². The predicted molar refractivity (Wildman–Crippen MR) is 70.6 cm³/mol. The van der Waals surface area contributed by atoms with Crippen LogP contribution in [0.5, 0.6) is 0 Å². The lowest BCUT2D eigenvalue weighted by Crippen LogP contribution is -2.37. The van der Waals surface area contributed by atoms with Crippen molar-refractivity contribution in [2.45, 2.75) is 20.8 Å². The third kappa shape index (κ3) is 3.24. The van der Waals surface area contributed by atoms with Crippen molar-refractivity contribution < 1.29 is 14.3 Å². The van der Waals surface area contributed by atoms with Crippen LogP contribution in [0.3, 0.4) is 0 Å². The maximum Gasteiger partial charge on any atom is 0.325 e. The van der Waals surface area contributed by atoms with Crippen molar-refractivity contribution in [3.63, 3.8) is 0 Å². The molecule has 0 bridgehead atoms. The van der Waals surface area contributed by atoms with Crippen molar-refractivity contribution >= 4 is 17.6 Å². The van der Waals surface area contributed by atoms with E-state index in [9.17, 15) is 9.59 Å². The summed E-state index contributed by atoms with van der Waals surface area (Å²) in [6, 6.07) is 0. The fraction of sp³-hybridized carbons (Fsp3) is 0.583. The van der Waals surface area contributed by atoms with Crippen LogP contribution in [0.2, 0.25) is 0 Å². The van der Waals surface area contributed by atoms with Crippen molar-refractivity contribution in [3.05, 3.63) is 11.4 Å². The monoisotopic (exact) mass is 268 g/mol. The molecule has 0 aliphatic rings. The molecular weight excluding hydrogens is 248 g/mol. The lowest BCUT2D eigenvalue weighted by atomic mass is 10.2. The van der Waals surface area contributed by atoms with Gasteiger partial charge in [0.2, 0.25) is 0 Å². The van der Waals surface area contributed by atoms with Gasteiger partial charge < -0.3 is 15.4 Å². The van der Waals surface area contributed by atoms with Crippen LogP contribution in [0.4, 0.5) is 5.69 Å². The minimum atomic E-state index is -0.435. The molecule has 7 heteroatoms. The normalized spacial score (nSPS) is 10.3. The highest BCUT2D eigenvalue weighted by Crippen LogP contribution is 2.17. The number of rotatable bonds is 5. The SMILES string of the molecule is CCOC(=O)CN(CC)C(=O)c1c(N)c(C)nn1C. The van der Waals surface area contributed by atoms with Crippen LogP contribution in [-0.4, -0.2) is 46.3 Å². The Balaban J connectivity index is 2.92. The quantitative estimate of drug-likeness (QED) is 0.777. The summed E-state index contributed by atoms with van der Waals surface area (Å²) in [6.45, 7) is 5.83. The minimum absolute atomic E-state index is 0.0904. The molecule has 0 spiro atoms.